The summed E-state index contributed by atoms with van der Waals surface area (Å²) >= 11 is 0. The highest BCUT2D eigenvalue weighted by Gasteiger charge is 2.51. The second kappa shape index (κ2) is 8.94. The van der Waals surface area contributed by atoms with Crippen LogP contribution in [0.25, 0.3) is 0 Å². The quantitative estimate of drug-likeness (QED) is 0.760. The zero-order chi connectivity index (χ0) is 19.0. The van der Waals surface area contributed by atoms with Crippen LogP contribution >= 0.6 is 0 Å². The van der Waals surface area contributed by atoms with E-state index in [0.29, 0.717) is 0 Å². The Balaban J connectivity index is 0.000000463. The number of hydrogen-bond acceptors (Lipinski definition) is 4. The van der Waals surface area contributed by atoms with Crippen molar-refractivity contribution < 1.29 is 39.6 Å². The van der Waals surface area contributed by atoms with Gasteiger partial charge in [0.2, 0.25) is 0 Å². The van der Waals surface area contributed by atoms with Crippen molar-refractivity contribution in [3.63, 3.8) is 0 Å². The summed E-state index contributed by atoms with van der Waals surface area (Å²) in [5.41, 5.74) is -5.96. The minimum atomic E-state index is -6.30. The fraction of sp³-hybridized carbons (Fsp3) is 0.583. The monoisotopic (exact) mass is 382 g/mol. The van der Waals surface area contributed by atoms with Crippen LogP contribution in [0.1, 0.15) is 19.8 Å². The molecular formula is C12H16F6N2O3S. The number of nitrogens with one attached hydrogen (secondary N) is 1. The van der Waals surface area contributed by atoms with Gasteiger partial charge in [-0.1, -0.05) is 25.5 Å². The van der Waals surface area contributed by atoms with Gasteiger partial charge in [-0.2, -0.15) is 34.8 Å². The number of alkyl halides is 6. The molecular weight excluding hydrogens is 366 g/mol. The molecule has 0 aromatic carbocycles. The lowest BCUT2D eigenvalue weighted by Crippen LogP contribution is -2.46. The van der Waals surface area contributed by atoms with Crippen LogP contribution in [0.4, 0.5) is 26.3 Å². The first-order valence-corrected chi connectivity index (χ1v) is 8.07. The van der Waals surface area contributed by atoms with Crippen LogP contribution in [-0.2, 0) is 14.8 Å². The number of nitrogens with zero attached hydrogens (tertiary/aromatic N) is 1. The fourth-order valence-corrected chi connectivity index (χ4v) is 1.75. The highest BCUT2D eigenvalue weighted by Crippen LogP contribution is 2.23. The van der Waals surface area contributed by atoms with Gasteiger partial charge in [-0.15, -0.1) is 0 Å². The molecule has 1 aliphatic rings. The maximum absolute atomic E-state index is 11.4. The number of unbranched alkanes of at least 4 members (excludes halogenated alkanes) is 1. The molecule has 1 aliphatic heterocycles. The van der Waals surface area contributed by atoms with Gasteiger partial charge in [-0.05, 0) is 18.7 Å². The van der Waals surface area contributed by atoms with Gasteiger partial charge in [0.25, 0.3) is 0 Å². The molecule has 1 rings (SSSR count). The van der Waals surface area contributed by atoms with E-state index in [1.165, 1.54) is 19.4 Å². The number of amides is 1. The van der Waals surface area contributed by atoms with Crippen LogP contribution < -0.4 is 4.72 Å². The van der Waals surface area contributed by atoms with Crippen molar-refractivity contribution in [1.82, 2.24) is 9.62 Å². The Labute approximate surface area is 135 Å². The number of rotatable bonds is 4. The van der Waals surface area contributed by atoms with Crippen molar-refractivity contribution in [1.29, 1.82) is 0 Å². The molecule has 1 heterocycles. The number of sulfonamides is 1. The van der Waals surface area contributed by atoms with Crippen molar-refractivity contribution in [3.8, 4) is 0 Å². The van der Waals surface area contributed by atoms with E-state index >= 15 is 0 Å². The molecule has 0 aromatic heterocycles. The molecule has 0 unspecified atom stereocenters. The lowest BCUT2D eigenvalue weighted by Gasteiger charge is -2.19. The van der Waals surface area contributed by atoms with Gasteiger partial charge in [0, 0.05) is 13.1 Å². The third-order valence-corrected chi connectivity index (χ3v) is 3.54. The minimum absolute atomic E-state index is 0.181. The molecule has 0 aliphatic carbocycles. The second-order valence-electron chi connectivity index (χ2n) is 4.50. The van der Waals surface area contributed by atoms with Crippen LogP contribution in [0.3, 0.4) is 0 Å². The predicted octanol–water partition coefficient (Wildman–Crippen LogP) is 2.69. The SMILES string of the molecule is CCCCN1C=CC=CC1.O=C(NS(=O)(=O)C(F)(F)F)C(F)(F)F. The number of halogens is 6. The maximum Gasteiger partial charge on any atom is 0.516 e. The van der Waals surface area contributed by atoms with Gasteiger partial charge in [0.15, 0.2) is 0 Å². The van der Waals surface area contributed by atoms with Crippen molar-refractivity contribution in [3.05, 3.63) is 24.4 Å². The third kappa shape index (κ3) is 8.22. The zero-order valence-corrected chi connectivity index (χ0v) is 13.3. The molecule has 0 saturated carbocycles. The summed E-state index contributed by atoms with van der Waals surface area (Å²) in [5, 5.41) is 0. The molecule has 0 saturated heterocycles. The number of hydrogen-bond donors (Lipinski definition) is 1. The minimum Gasteiger partial charge on any atom is -0.374 e. The van der Waals surface area contributed by atoms with Crippen molar-refractivity contribution in [2.24, 2.45) is 0 Å². The lowest BCUT2D eigenvalue weighted by molar-refractivity contribution is -0.171. The van der Waals surface area contributed by atoms with Crippen LogP contribution in [0.5, 0.6) is 0 Å². The first kappa shape index (κ1) is 22.3. The topological polar surface area (TPSA) is 66.5 Å². The zero-order valence-electron chi connectivity index (χ0n) is 12.5. The molecule has 0 radical (unpaired) electrons. The maximum atomic E-state index is 11.4. The molecule has 1 N–H and O–H groups in total. The van der Waals surface area contributed by atoms with Crippen molar-refractivity contribution in [2.45, 2.75) is 31.5 Å². The van der Waals surface area contributed by atoms with Crippen molar-refractivity contribution >= 4 is 15.9 Å². The molecule has 0 atom stereocenters. The van der Waals surface area contributed by atoms with Gasteiger partial charge < -0.3 is 4.90 Å². The van der Waals surface area contributed by atoms with Crippen LogP contribution in [0, 0.1) is 0 Å². The lowest BCUT2D eigenvalue weighted by atomic mass is 10.3. The van der Waals surface area contributed by atoms with E-state index < -0.39 is 27.6 Å². The molecule has 0 bridgehead atoms. The van der Waals surface area contributed by atoms with Crippen LogP contribution in [0.2, 0.25) is 0 Å². The molecule has 1 amide bonds. The standard InChI is InChI=1S/C9H15N.C3HF6NO3S/c1-2-3-7-10-8-5-4-6-9-10;4-2(5,6)1(11)10-14(12,13)3(7,8)9/h4-6,8H,2-3,7,9H2,1H3;(H,10,11). The van der Waals surface area contributed by atoms with Gasteiger partial charge in [0.1, 0.15) is 0 Å². The van der Waals surface area contributed by atoms with Gasteiger partial charge in [-0.25, -0.2) is 4.72 Å². The summed E-state index contributed by atoms with van der Waals surface area (Å²) in [6, 6.07) is 0. The first-order valence-electron chi connectivity index (χ1n) is 6.59. The summed E-state index contributed by atoms with van der Waals surface area (Å²) in [4.78, 5) is 12.1. The Morgan fingerprint density at radius 3 is 2.12 bits per heavy atom. The summed E-state index contributed by atoms with van der Waals surface area (Å²) in [5.74, 6) is -3.20. The van der Waals surface area contributed by atoms with E-state index in [1.54, 1.807) is 0 Å². The fourth-order valence-electron chi connectivity index (χ4n) is 1.27. The van der Waals surface area contributed by atoms with E-state index in [4.69, 9.17) is 0 Å². The summed E-state index contributed by atoms with van der Waals surface area (Å²) in [6.07, 6.45) is 5.44. The van der Waals surface area contributed by atoms with Gasteiger partial charge in [0.05, 0.1) is 0 Å². The smallest absolute Gasteiger partial charge is 0.374 e. The predicted molar refractivity (Wildman–Crippen MR) is 73.9 cm³/mol. The Morgan fingerprint density at radius 2 is 1.75 bits per heavy atom. The van der Waals surface area contributed by atoms with E-state index in [2.05, 4.69) is 36.3 Å². The highest BCUT2D eigenvalue weighted by atomic mass is 32.2. The molecule has 12 heteroatoms. The molecule has 0 spiro atoms. The Bertz CT molecular complexity index is 566. The summed E-state index contributed by atoms with van der Waals surface area (Å²) in [6.45, 7) is 4.53. The number of allylic oxidation sites excluding steroid dienone is 2. The molecule has 0 aromatic rings. The molecule has 0 fully saturated rings. The van der Waals surface area contributed by atoms with Crippen LogP contribution in [0.15, 0.2) is 24.4 Å². The van der Waals surface area contributed by atoms with Gasteiger partial charge in [-0.3, -0.25) is 4.79 Å². The van der Waals surface area contributed by atoms with E-state index in [9.17, 15) is 39.6 Å². The van der Waals surface area contributed by atoms with Gasteiger partial charge >= 0.3 is 27.6 Å². The molecule has 140 valence electrons. The van der Waals surface area contributed by atoms with E-state index in [1.807, 2.05) is 0 Å². The summed E-state index contributed by atoms with van der Waals surface area (Å²) in [7, 11) is -6.30. The average molecular weight is 382 g/mol. The Kier molecular flexibility index (Phi) is 8.30. The molecule has 24 heavy (non-hydrogen) atoms. The largest absolute Gasteiger partial charge is 0.516 e. The highest BCUT2D eigenvalue weighted by molar-refractivity contribution is 7.90. The molecule has 5 nitrogen and oxygen atoms in total. The Hall–Kier alpha value is -1.72. The Morgan fingerprint density at radius 1 is 1.17 bits per heavy atom. The van der Waals surface area contributed by atoms with Crippen LogP contribution in [-0.4, -0.2) is 44.0 Å². The number of carbonyl (C=O) groups is 1. The summed E-state index contributed by atoms with van der Waals surface area (Å²) < 4.78 is 87.9. The number of carbonyl (C=O) groups excluding carboxylic acids is 1. The second-order valence-corrected chi connectivity index (χ2v) is 6.17. The van der Waals surface area contributed by atoms with E-state index in [0.717, 1.165) is 6.54 Å². The van der Waals surface area contributed by atoms with E-state index in [-0.39, 0.29) is 4.72 Å². The average Bonchev–Trinajstić information content (AvgIpc) is 2.44. The van der Waals surface area contributed by atoms with Crippen molar-refractivity contribution in [2.75, 3.05) is 13.1 Å². The normalized spacial score (nSPS) is 14.9. The third-order valence-electron chi connectivity index (χ3n) is 2.47. The first-order chi connectivity index (χ1) is 10.8.